The summed E-state index contributed by atoms with van der Waals surface area (Å²) in [6.07, 6.45) is 2.60. The number of nitrogens with one attached hydrogen (secondary N) is 2. The molecule has 2 aromatic rings. The molecule has 0 aliphatic carbocycles. The van der Waals surface area contributed by atoms with E-state index in [-0.39, 0.29) is 0 Å². The number of aromatic nitrogens is 2. The fourth-order valence-electron chi connectivity index (χ4n) is 1.90. The van der Waals surface area contributed by atoms with Crippen molar-refractivity contribution in [1.82, 2.24) is 9.97 Å². The topological polar surface area (TPSA) is 59.1 Å². The molecule has 0 aliphatic heterocycles. The Balaban J connectivity index is 2.29. The van der Waals surface area contributed by atoms with Crippen LogP contribution >= 0.6 is 15.9 Å². The first kappa shape index (κ1) is 15.6. The summed E-state index contributed by atoms with van der Waals surface area (Å²) in [7, 11) is 1.65. The highest BCUT2D eigenvalue weighted by Gasteiger charge is 2.10. The van der Waals surface area contributed by atoms with Crippen LogP contribution < -0.4 is 15.4 Å². The van der Waals surface area contributed by atoms with E-state index in [4.69, 9.17) is 4.74 Å². The number of rotatable bonds is 6. The maximum Gasteiger partial charge on any atom is 0.142 e. The molecule has 112 valence electrons. The lowest BCUT2D eigenvalue weighted by Crippen LogP contribution is -2.07. The Labute approximate surface area is 133 Å². The molecule has 0 saturated carbocycles. The molecule has 0 fully saturated rings. The molecule has 2 rings (SSSR count). The van der Waals surface area contributed by atoms with Gasteiger partial charge in [-0.2, -0.15) is 0 Å². The van der Waals surface area contributed by atoms with E-state index in [9.17, 15) is 0 Å². The van der Waals surface area contributed by atoms with E-state index in [2.05, 4.69) is 43.5 Å². The third kappa shape index (κ3) is 3.85. The average molecular weight is 351 g/mol. The van der Waals surface area contributed by atoms with Gasteiger partial charge in [-0.1, -0.05) is 22.9 Å². The van der Waals surface area contributed by atoms with Gasteiger partial charge in [0.25, 0.3) is 0 Å². The van der Waals surface area contributed by atoms with Crippen LogP contribution in [0.1, 0.15) is 18.9 Å². The summed E-state index contributed by atoms with van der Waals surface area (Å²) >= 11 is 3.47. The van der Waals surface area contributed by atoms with E-state index in [1.54, 1.807) is 13.4 Å². The van der Waals surface area contributed by atoms with Gasteiger partial charge in [-0.05, 0) is 31.5 Å². The van der Waals surface area contributed by atoms with Gasteiger partial charge in [-0.15, -0.1) is 0 Å². The molecule has 21 heavy (non-hydrogen) atoms. The molecule has 0 spiro atoms. The summed E-state index contributed by atoms with van der Waals surface area (Å²) in [6, 6.07) is 5.80. The Morgan fingerprint density at radius 3 is 2.71 bits per heavy atom. The number of halogens is 1. The number of methoxy groups -OCH3 is 1. The quantitative estimate of drug-likeness (QED) is 0.820. The summed E-state index contributed by atoms with van der Waals surface area (Å²) in [5, 5.41) is 6.60. The van der Waals surface area contributed by atoms with E-state index in [1.165, 1.54) is 0 Å². The zero-order valence-electron chi connectivity index (χ0n) is 12.4. The molecule has 0 unspecified atom stereocenters. The van der Waals surface area contributed by atoms with Crippen LogP contribution in [0.4, 0.5) is 17.3 Å². The molecule has 0 bridgehead atoms. The number of nitrogens with zero attached hydrogens (tertiary/aromatic N) is 2. The van der Waals surface area contributed by atoms with Gasteiger partial charge in [-0.3, -0.25) is 0 Å². The minimum atomic E-state index is 0.763. The van der Waals surface area contributed by atoms with Crippen LogP contribution in [-0.2, 0) is 0 Å². The van der Waals surface area contributed by atoms with Crippen molar-refractivity contribution in [2.75, 3.05) is 24.3 Å². The Morgan fingerprint density at radius 1 is 1.24 bits per heavy atom. The molecule has 1 aromatic carbocycles. The van der Waals surface area contributed by atoms with Crippen molar-refractivity contribution in [2.24, 2.45) is 0 Å². The highest BCUT2D eigenvalue weighted by atomic mass is 79.9. The van der Waals surface area contributed by atoms with Crippen LogP contribution in [0.3, 0.4) is 0 Å². The van der Waals surface area contributed by atoms with E-state index in [1.807, 2.05) is 25.1 Å². The zero-order valence-corrected chi connectivity index (χ0v) is 14.0. The first-order chi connectivity index (χ1) is 10.2. The third-order valence-corrected chi connectivity index (χ3v) is 3.53. The standard InChI is InChI=1S/C15H19BrN4O/c1-4-7-17-14-10(2)15(19-9-18-14)20-12-8-11(16)5-6-13(12)21-3/h5-6,8-9H,4,7H2,1-3H3,(H2,17,18,19,20). The van der Waals surface area contributed by atoms with E-state index in [0.717, 1.165) is 46.1 Å². The van der Waals surface area contributed by atoms with Gasteiger partial charge >= 0.3 is 0 Å². The predicted molar refractivity (Wildman–Crippen MR) is 89.5 cm³/mol. The SMILES string of the molecule is CCCNc1ncnc(Nc2cc(Br)ccc2OC)c1C. The molecule has 6 heteroatoms. The van der Waals surface area contributed by atoms with Crippen molar-refractivity contribution in [3.63, 3.8) is 0 Å². The Bertz CT molecular complexity index is 619. The number of ether oxygens (including phenoxy) is 1. The van der Waals surface area contributed by atoms with E-state index >= 15 is 0 Å². The second kappa shape index (κ2) is 7.26. The van der Waals surface area contributed by atoms with Crippen LogP contribution in [0.25, 0.3) is 0 Å². The number of benzene rings is 1. The fraction of sp³-hybridized carbons (Fsp3) is 0.333. The minimum Gasteiger partial charge on any atom is -0.495 e. The first-order valence-electron chi connectivity index (χ1n) is 6.81. The molecule has 1 aromatic heterocycles. The van der Waals surface area contributed by atoms with Gasteiger partial charge in [0.15, 0.2) is 0 Å². The van der Waals surface area contributed by atoms with Crippen LogP contribution in [0.5, 0.6) is 5.75 Å². The van der Waals surface area contributed by atoms with E-state index in [0.29, 0.717) is 0 Å². The molecule has 0 amide bonds. The third-order valence-electron chi connectivity index (χ3n) is 3.04. The van der Waals surface area contributed by atoms with Gasteiger partial charge in [-0.25, -0.2) is 9.97 Å². The number of anilines is 3. The van der Waals surface area contributed by atoms with Crippen molar-refractivity contribution < 1.29 is 4.74 Å². The van der Waals surface area contributed by atoms with Crippen molar-refractivity contribution >= 4 is 33.3 Å². The normalized spacial score (nSPS) is 10.3. The molecule has 5 nitrogen and oxygen atoms in total. The van der Waals surface area contributed by atoms with Gasteiger partial charge in [0.05, 0.1) is 12.8 Å². The number of hydrogen-bond acceptors (Lipinski definition) is 5. The van der Waals surface area contributed by atoms with E-state index < -0.39 is 0 Å². The monoisotopic (exact) mass is 350 g/mol. The average Bonchev–Trinajstić information content (AvgIpc) is 2.48. The first-order valence-corrected chi connectivity index (χ1v) is 7.61. The molecule has 0 saturated heterocycles. The van der Waals surface area contributed by atoms with Gasteiger partial charge < -0.3 is 15.4 Å². The van der Waals surface area contributed by atoms with Crippen molar-refractivity contribution in [2.45, 2.75) is 20.3 Å². The Kier molecular flexibility index (Phi) is 5.38. The lowest BCUT2D eigenvalue weighted by Gasteiger charge is -2.14. The molecule has 0 aliphatic rings. The van der Waals surface area contributed by atoms with Gasteiger partial charge in [0.2, 0.25) is 0 Å². The van der Waals surface area contributed by atoms with Crippen molar-refractivity contribution in [3.05, 3.63) is 34.6 Å². The van der Waals surface area contributed by atoms with Crippen LogP contribution in [0.15, 0.2) is 29.0 Å². The molecule has 0 atom stereocenters. The Morgan fingerprint density at radius 2 is 2.00 bits per heavy atom. The molecule has 2 N–H and O–H groups in total. The summed E-state index contributed by atoms with van der Waals surface area (Å²) < 4.78 is 6.34. The minimum absolute atomic E-state index is 0.763. The molecular weight excluding hydrogens is 332 g/mol. The zero-order chi connectivity index (χ0) is 15.2. The van der Waals surface area contributed by atoms with Crippen LogP contribution in [0.2, 0.25) is 0 Å². The maximum atomic E-state index is 5.37. The van der Waals surface area contributed by atoms with Gasteiger partial charge in [0, 0.05) is 16.6 Å². The maximum absolute atomic E-state index is 5.37. The van der Waals surface area contributed by atoms with Crippen LogP contribution in [-0.4, -0.2) is 23.6 Å². The predicted octanol–water partition coefficient (Wildman–Crippen LogP) is 4.12. The Hall–Kier alpha value is -1.82. The fourth-order valence-corrected chi connectivity index (χ4v) is 2.26. The molecular formula is C15H19BrN4O. The second-order valence-electron chi connectivity index (χ2n) is 4.59. The lowest BCUT2D eigenvalue weighted by molar-refractivity contribution is 0.416. The highest BCUT2D eigenvalue weighted by Crippen LogP contribution is 2.31. The summed E-state index contributed by atoms with van der Waals surface area (Å²) in [5.41, 5.74) is 1.84. The lowest BCUT2D eigenvalue weighted by atomic mass is 10.2. The van der Waals surface area contributed by atoms with Gasteiger partial charge in [0.1, 0.15) is 23.7 Å². The highest BCUT2D eigenvalue weighted by molar-refractivity contribution is 9.10. The molecule has 1 heterocycles. The summed E-state index contributed by atoms with van der Waals surface area (Å²) in [6.45, 7) is 5.00. The second-order valence-corrected chi connectivity index (χ2v) is 5.51. The summed E-state index contributed by atoms with van der Waals surface area (Å²) in [5.74, 6) is 2.38. The van der Waals surface area contributed by atoms with Crippen molar-refractivity contribution in [1.29, 1.82) is 0 Å². The molecule has 0 radical (unpaired) electrons. The van der Waals surface area contributed by atoms with Crippen LogP contribution in [0, 0.1) is 6.92 Å². The number of hydrogen-bond donors (Lipinski definition) is 2. The van der Waals surface area contributed by atoms with Crippen molar-refractivity contribution in [3.8, 4) is 5.75 Å². The largest absolute Gasteiger partial charge is 0.495 e. The summed E-state index contributed by atoms with van der Waals surface area (Å²) in [4.78, 5) is 8.59. The smallest absolute Gasteiger partial charge is 0.142 e.